The molecule has 0 bridgehead atoms. The van der Waals surface area contributed by atoms with Crippen LogP contribution in [0, 0.1) is 13.8 Å². The van der Waals surface area contributed by atoms with E-state index >= 15 is 0 Å². The lowest BCUT2D eigenvalue weighted by Gasteiger charge is -2.24. The van der Waals surface area contributed by atoms with E-state index < -0.39 is 11.9 Å². The van der Waals surface area contributed by atoms with Gasteiger partial charge in [-0.15, -0.1) is 0 Å². The number of rotatable bonds is 5. The first-order valence-corrected chi connectivity index (χ1v) is 9.42. The standard InChI is InChI=1S/C22H26N2O4/c1-12(2)17-11-16(5-7-19(17)25)28-21-13(3)9-15(10-14(21)4)24-18(22(23)27)6-8-20(24)26/h5,7,9-12,18,25H,6,8H2,1-4H3,(H2,23,27)/t18-/m0/s1. The highest BCUT2D eigenvalue weighted by molar-refractivity contribution is 6.03. The van der Waals surface area contributed by atoms with Crippen molar-refractivity contribution >= 4 is 17.5 Å². The molecule has 0 saturated carbocycles. The van der Waals surface area contributed by atoms with Gasteiger partial charge >= 0.3 is 0 Å². The summed E-state index contributed by atoms with van der Waals surface area (Å²) < 4.78 is 6.10. The van der Waals surface area contributed by atoms with Gasteiger partial charge < -0.3 is 15.6 Å². The Kier molecular flexibility index (Phi) is 5.31. The minimum absolute atomic E-state index is 0.101. The van der Waals surface area contributed by atoms with Crippen molar-refractivity contribution in [2.45, 2.75) is 52.5 Å². The molecule has 0 unspecified atom stereocenters. The van der Waals surface area contributed by atoms with Crippen molar-refractivity contribution in [3.05, 3.63) is 47.0 Å². The van der Waals surface area contributed by atoms with Gasteiger partial charge in [-0.25, -0.2) is 0 Å². The number of amides is 2. The average Bonchev–Trinajstić information content (AvgIpc) is 3.01. The lowest BCUT2D eigenvalue weighted by atomic mass is 10.0. The molecule has 2 aromatic carbocycles. The summed E-state index contributed by atoms with van der Waals surface area (Å²) >= 11 is 0. The topological polar surface area (TPSA) is 92.9 Å². The predicted octanol–water partition coefficient (Wildman–Crippen LogP) is 3.91. The van der Waals surface area contributed by atoms with E-state index in [0.29, 0.717) is 30.0 Å². The summed E-state index contributed by atoms with van der Waals surface area (Å²) in [6.45, 7) is 7.81. The van der Waals surface area contributed by atoms with Gasteiger partial charge in [0, 0.05) is 17.7 Å². The fourth-order valence-electron chi connectivity index (χ4n) is 3.68. The van der Waals surface area contributed by atoms with Crippen molar-refractivity contribution in [2.75, 3.05) is 4.90 Å². The average molecular weight is 382 g/mol. The molecule has 1 fully saturated rings. The SMILES string of the molecule is Cc1cc(N2C(=O)CC[C@H]2C(N)=O)cc(C)c1Oc1ccc(O)c(C(C)C)c1. The Labute approximate surface area is 164 Å². The number of hydrogen-bond acceptors (Lipinski definition) is 4. The lowest BCUT2D eigenvalue weighted by Crippen LogP contribution is -2.42. The molecule has 0 aromatic heterocycles. The lowest BCUT2D eigenvalue weighted by molar-refractivity contribution is -0.121. The second-order valence-electron chi connectivity index (χ2n) is 7.61. The highest BCUT2D eigenvalue weighted by atomic mass is 16.5. The number of nitrogens with two attached hydrogens (primary N) is 1. The first kappa shape index (κ1) is 19.7. The highest BCUT2D eigenvalue weighted by Crippen LogP contribution is 2.37. The molecule has 1 aliphatic heterocycles. The Morgan fingerprint density at radius 1 is 1.21 bits per heavy atom. The second kappa shape index (κ2) is 7.54. The third kappa shape index (κ3) is 3.67. The molecule has 3 rings (SSSR count). The largest absolute Gasteiger partial charge is 0.508 e. The van der Waals surface area contributed by atoms with Crippen LogP contribution in [0.1, 0.15) is 49.3 Å². The minimum Gasteiger partial charge on any atom is -0.508 e. The predicted molar refractivity (Wildman–Crippen MR) is 108 cm³/mol. The van der Waals surface area contributed by atoms with E-state index in [1.165, 1.54) is 4.90 Å². The molecule has 1 aliphatic rings. The smallest absolute Gasteiger partial charge is 0.240 e. The summed E-state index contributed by atoms with van der Waals surface area (Å²) in [5.74, 6) is 1.14. The number of nitrogens with zero attached hydrogens (tertiary/aromatic N) is 1. The molecule has 3 N–H and O–H groups in total. The summed E-state index contributed by atoms with van der Waals surface area (Å²) in [4.78, 5) is 25.5. The number of anilines is 1. The van der Waals surface area contributed by atoms with E-state index in [1.807, 2.05) is 45.9 Å². The normalized spacial score (nSPS) is 16.7. The van der Waals surface area contributed by atoms with Crippen LogP contribution >= 0.6 is 0 Å². The van der Waals surface area contributed by atoms with E-state index in [0.717, 1.165) is 16.7 Å². The van der Waals surface area contributed by atoms with Crippen LogP contribution in [0.25, 0.3) is 0 Å². The maximum absolute atomic E-state index is 12.3. The number of benzene rings is 2. The molecule has 6 nitrogen and oxygen atoms in total. The van der Waals surface area contributed by atoms with Crippen molar-refractivity contribution in [1.29, 1.82) is 0 Å². The third-order valence-electron chi connectivity index (χ3n) is 5.10. The molecule has 1 atom stereocenters. The highest BCUT2D eigenvalue weighted by Gasteiger charge is 2.36. The van der Waals surface area contributed by atoms with Gasteiger partial charge in [-0.3, -0.25) is 14.5 Å². The molecule has 1 heterocycles. The number of hydrogen-bond donors (Lipinski definition) is 2. The number of aromatic hydroxyl groups is 1. The van der Waals surface area contributed by atoms with Gasteiger partial charge in [0.1, 0.15) is 23.3 Å². The Balaban J connectivity index is 1.94. The Morgan fingerprint density at radius 2 is 1.86 bits per heavy atom. The molecule has 1 saturated heterocycles. The number of phenolic OH excluding ortho intramolecular Hbond substituents is 1. The van der Waals surface area contributed by atoms with E-state index in [1.54, 1.807) is 12.1 Å². The van der Waals surface area contributed by atoms with Crippen LogP contribution in [0.2, 0.25) is 0 Å². The van der Waals surface area contributed by atoms with Crippen molar-refractivity contribution in [3.63, 3.8) is 0 Å². The number of ether oxygens (including phenoxy) is 1. The molecule has 148 valence electrons. The van der Waals surface area contributed by atoms with Gasteiger partial charge in [-0.1, -0.05) is 13.8 Å². The summed E-state index contributed by atoms with van der Waals surface area (Å²) in [6.07, 6.45) is 0.755. The van der Waals surface area contributed by atoms with Crippen LogP contribution in [0.4, 0.5) is 5.69 Å². The second-order valence-corrected chi connectivity index (χ2v) is 7.61. The van der Waals surface area contributed by atoms with Crippen LogP contribution < -0.4 is 15.4 Å². The monoisotopic (exact) mass is 382 g/mol. The Bertz CT molecular complexity index is 913. The first-order chi connectivity index (χ1) is 13.2. The zero-order valence-electron chi connectivity index (χ0n) is 16.7. The first-order valence-electron chi connectivity index (χ1n) is 9.42. The fourth-order valence-corrected chi connectivity index (χ4v) is 3.68. The number of aryl methyl sites for hydroxylation is 2. The van der Waals surface area contributed by atoms with Crippen LogP contribution in [0.5, 0.6) is 17.2 Å². The molecule has 6 heteroatoms. The van der Waals surface area contributed by atoms with Crippen molar-refractivity contribution in [3.8, 4) is 17.2 Å². The van der Waals surface area contributed by atoms with Crippen molar-refractivity contribution in [1.82, 2.24) is 0 Å². The van der Waals surface area contributed by atoms with Gasteiger partial charge in [0.15, 0.2) is 0 Å². The molecule has 0 spiro atoms. The van der Waals surface area contributed by atoms with Crippen LogP contribution in [0.15, 0.2) is 30.3 Å². The molecule has 0 aliphatic carbocycles. The number of carbonyl (C=O) groups excluding carboxylic acids is 2. The van der Waals surface area contributed by atoms with Crippen molar-refractivity contribution in [2.24, 2.45) is 5.73 Å². The van der Waals surface area contributed by atoms with Gasteiger partial charge in [0.25, 0.3) is 0 Å². The summed E-state index contributed by atoms with van der Waals surface area (Å²) in [5, 5.41) is 10.0. The number of carbonyl (C=O) groups is 2. The molecule has 28 heavy (non-hydrogen) atoms. The maximum atomic E-state index is 12.3. The molecule has 0 radical (unpaired) electrons. The molecule has 2 aromatic rings. The quantitative estimate of drug-likeness (QED) is 0.820. The van der Waals surface area contributed by atoms with E-state index in [2.05, 4.69) is 0 Å². The van der Waals surface area contributed by atoms with E-state index in [4.69, 9.17) is 10.5 Å². The van der Waals surface area contributed by atoms with Crippen molar-refractivity contribution < 1.29 is 19.4 Å². The summed E-state index contributed by atoms with van der Waals surface area (Å²) in [5.41, 5.74) is 8.63. The van der Waals surface area contributed by atoms with Crippen LogP contribution in [-0.4, -0.2) is 23.0 Å². The maximum Gasteiger partial charge on any atom is 0.240 e. The third-order valence-corrected chi connectivity index (χ3v) is 5.10. The minimum atomic E-state index is -0.608. The zero-order chi connectivity index (χ0) is 20.6. The summed E-state index contributed by atoms with van der Waals surface area (Å²) in [6, 6.07) is 8.26. The Hall–Kier alpha value is -3.02. The molecular weight excluding hydrogens is 356 g/mol. The number of primary amides is 1. The Morgan fingerprint density at radius 3 is 2.43 bits per heavy atom. The van der Waals surface area contributed by atoms with Crippen LogP contribution in [-0.2, 0) is 9.59 Å². The number of phenols is 1. The van der Waals surface area contributed by atoms with Crippen LogP contribution in [0.3, 0.4) is 0 Å². The zero-order valence-corrected chi connectivity index (χ0v) is 16.7. The van der Waals surface area contributed by atoms with E-state index in [-0.39, 0.29) is 17.6 Å². The summed E-state index contributed by atoms with van der Waals surface area (Å²) in [7, 11) is 0. The van der Waals surface area contributed by atoms with Gasteiger partial charge in [0.2, 0.25) is 11.8 Å². The van der Waals surface area contributed by atoms with Gasteiger partial charge in [-0.05, 0) is 67.6 Å². The van der Waals surface area contributed by atoms with E-state index in [9.17, 15) is 14.7 Å². The molecule has 2 amide bonds. The molecular formula is C22H26N2O4. The van der Waals surface area contributed by atoms with Gasteiger partial charge in [-0.2, -0.15) is 0 Å². The van der Waals surface area contributed by atoms with Gasteiger partial charge in [0.05, 0.1) is 0 Å². The fraction of sp³-hybridized carbons (Fsp3) is 0.364.